The summed E-state index contributed by atoms with van der Waals surface area (Å²) in [6.45, 7) is 6.60. The number of allylic oxidation sites excluding steroid dienone is 2. The molecule has 10 rings (SSSR count). The van der Waals surface area contributed by atoms with E-state index in [9.17, 15) is 19.5 Å². The maximum Gasteiger partial charge on any atom is 0.242 e. The fourth-order valence-corrected chi connectivity index (χ4v) is 11.9. The van der Waals surface area contributed by atoms with E-state index in [1.54, 1.807) is 48.2 Å². The van der Waals surface area contributed by atoms with Crippen molar-refractivity contribution in [3.63, 3.8) is 0 Å². The molecule has 0 radical (unpaired) electrons. The van der Waals surface area contributed by atoms with Crippen LogP contribution in [-0.4, -0.2) is 71.9 Å². The van der Waals surface area contributed by atoms with E-state index in [0.717, 1.165) is 44.9 Å². The van der Waals surface area contributed by atoms with Gasteiger partial charge in [-0.25, -0.2) is 4.90 Å². The lowest BCUT2D eigenvalue weighted by atomic mass is 9.51. The average Bonchev–Trinajstić information content (AvgIpc) is 3.91. The molecule has 3 saturated heterocycles. The fraction of sp³-hybridized carbons (Fsp3) is 0.356. The Kier molecular flexibility index (Phi) is 8.82. The smallest absolute Gasteiger partial charge is 0.242 e. The maximum atomic E-state index is 15.2. The van der Waals surface area contributed by atoms with Crippen molar-refractivity contribution in [3.8, 4) is 22.1 Å². The molecule has 59 heavy (non-hydrogen) atoms. The molecule has 1 saturated carbocycles. The number of aromatic nitrogens is 2. The summed E-state index contributed by atoms with van der Waals surface area (Å²) in [6, 6.07) is 20.0. The number of anilines is 3. The van der Waals surface area contributed by atoms with Crippen LogP contribution in [0.3, 0.4) is 0 Å². The molecule has 1 N–H and O–H groups in total. The van der Waals surface area contributed by atoms with E-state index in [4.69, 9.17) is 26.2 Å². The van der Waals surface area contributed by atoms with Gasteiger partial charge in [-0.1, -0.05) is 29.3 Å². The number of aromatic hydroxyl groups is 1. The first-order valence-corrected chi connectivity index (χ1v) is 21.1. The number of nitrogens with zero attached hydrogens (tertiary/aromatic N) is 5. The monoisotopic (exact) mass is 831 g/mol. The van der Waals surface area contributed by atoms with Crippen LogP contribution in [0.1, 0.15) is 36.8 Å². The molecule has 6 atom stereocenters. The molecule has 3 aliphatic heterocycles. The third-order valence-corrected chi connectivity index (χ3v) is 15.1. The Bertz CT molecular complexity index is 2650. The number of thiophene rings is 1. The van der Waals surface area contributed by atoms with Gasteiger partial charge in [-0.15, -0.1) is 11.3 Å². The second-order valence-corrected chi connectivity index (χ2v) is 17.9. The van der Waals surface area contributed by atoms with Gasteiger partial charge in [-0.3, -0.25) is 28.8 Å². The van der Waals surface area contributed by atoms with Crippen LogP contribution in [0.15, 0.2) is 78.4 Å². The van der Waals surface area contributed by atoms with Crippen molar-refractivity contribution in [3.05, 3.63) is 94.5 Å². The third-order valence-electron chi connectivity index (χ3n) is 13.5. The SMILES string of the molecule is COc1ccc([C@H]2C3=CC[C@@H]4C(=O)N(c5ccc(N6CCOCC6)cc5)C(=O)[C@@H]4[C@@H]3C[C@H]3C(=O)N(c4cc(-c5sc6ccc(Cl)cc6c5C)nn4C)C(=O)[C@@]23C)c(O)c1. The summed E-state index contributed by atoms with van der Waals surface area (Å²) in [6.07, 6.45) is 2.45. The summed E-state index contributed by atoms with van der Waals surface area (Å²) in [4.78, 5) is 64.8. The molecule has 5 heterocycles. The second-order valence-electron chi connectivity index (χ2n) is 16.4. The molecule has 2 aliphatic carbocycles. The van der Waals surface area contributed by atoms with Gasteiger partial charge in [0.1, 0.15) is 23.0 Å². The van der Waals surface area contributed by atoms with Gasteiger partial charge in [0, 0.05) is 59.2 Å². The van der Waals surface area contributed by atoms with Gasteiger partial charge in [-0.05, 0) is 92.1 Å². The van der Waals surface area contributed by atoms with Crippen LogP contribution in [-0.2, 0) is 31.0 Å². The quantitative estimate of drug-likeness (QED) is 0.139. The summed E-state index contributed by atoms with van der Waals surface area (Å²) < 4.78 is 13.5. The number of phenolic OH excluding ortho intramolecular Hbond substituents is 1. The molecule has 3 aromatic carbocycles. The van der Waals surface area contributed by atoms with E-state index in [1.807, 2.05) is 55.5 Å². The normalized spacial score (nSPS) is 26.7. The zero-order valence-electron chi connectivity index (χ0n) is 33.0. The van der Waals surface area contributed by atoms with E-state index >= 15 is 4.79 Å². The minimum atomic E-state index is -1.35. The molecule has 2 aromatic heterocycles. The first-order chi connectivity index (χ1) is 28.4. The Morgan fingerprint density at radius 3 is 2.39 bits per heavy atom. The summed E-state index contributed by atoms with van der Waals surface area (Å²) >= 11 is 7.90. The van der Waals surface area contributed by atoms with Gasteiger partial charge in [0.15, 0.2) is 0 Å². The third kappa shape index (κ3) is 5.54. The molecule has 5 aliphatic rings. The summed E-state index contributed by atoms with van der Waals surface area (Å²) in [7, 11) is 3.22. The highest BCUT2D eigenvalue weighted by atomic mass is 35.5. The van der Waals surface area contributed by atoms with Crippen molar-refractivity contribution in [1.82, 2.24) is 9.78 Å². The van der Waals surface area contributed by atoms with Gasteiger partial charge in [-0.2, -0.15) is 5.10 Å². The molecule has 302 valence electrons. The lowest BCUT2D eigenvalue weighted by Gasteiger charge is -2.49. The zero-order chi connectivity index (χ0) is 41.1. The van der Waals surface area contributed by atoms with E-state index in [1.165, 1.54) is 23.0 Å². The molecule has 5 aromatic rings. The summed E-state index contributed by atoms with van der Waals surface area (Å²) in [5, 5.41) is 18.1. The average molecular weight is 832 g/mol. The van der Waals surface area contributed by atoms with E-state index in [-0.39, 0.29) is 30.4 Å². The van der Waals surface area contributed by atoms with Crippen LogP contribution in [0.2, 0.25) is 5.02 Å². The largest absolute Gasteiger partial charge is 0.508 e. The topological polar surface area (TPSA) is 135 Å². The number of phenols is 1. The van der Waals surface area contributed by atoms with Gasteiger partial charge in [0.25, 0.3) is 0 Å². The number of fused-ring (bicyclic) bond motifs is 5. The molecule has 14 heteroatoms. The standard InChI is InChI=1S/C45H42ClN5O7S/c1-23-31-19-24(46)5-14-36(31)59-40(23)34-22-37(48(3)47-34)51-42(54)33-21-32-28(39(45(33,2)44(51)56)29-11-10-27(57-4)20-35(29)52)12-13-30-38(32)43(55)50(41(30)53)26-8-6-25(7-9-26)49-15-17-58-18-16-49/h5-12,14,19-20,22,30,32-33,38-39,52H,13,15-18,21H2,1-4H3/t30-,32+,33-,38-,39+,45+/m0/s1. The van der Waals surface area contributed by atoms with Gasteiger partial charge < -0.3 is 19.5 Å². The van der Waals surface area contributed by atoms with Crippen molar-refractivity contribution in [2.24, 2.45) is 36.1 Å². The first kappa shape index (κ1) is 37.7. The van der Waals surface area contributed by atoms with Crippen LogP contribution in [0, 0.1) is 36.0 Å². The Labute approximate surface area is 349 Å². The number of hydrogen-bond donors (Lipinski definition) is 1. The number of halogens is 1. The number of aryl methyl sites for hydroxylation is 2. The van der Waals surface area contributed by atoms with E-state index in [0.29, 0.717) is 46.7 Å². The lowest BCUT2D eigenvalue weighted by molar-refractivity contribution is -0.131. The Hall–Kier alpha value is -5.50. The number of imide groups is 2. The van der Waals surface area contributed by atoms with Gasteiger partial charge in [0.2, 0.25) is 23.6 Å². The number of rotatable bonds is 6. The molecule has 4 amide bonds. The predicted octanol–water partition coefficient (Wildman–Crippen LogP) is 7.25. The molecular weight excluding hydrogens is 790 g/mol. The second kappa shape index (κ2) is 13.8. The van der Waals surface area contributed by atoms with E-state index < -0.39 is 46.8 Å². The number of benzene rings is 3. The number of carbonyl (C=O) groups is 4. The number of amides is 4. The van der Waals surface area contributed by atoms with Crippen molar-refractivity contribution in [2.45, 2.75) is 32.6 Å². The minimum Gasteiger partial charge on any atom is -0.508 e. The van der Waals surface area contributed by atoms with Crippen molar-refractivity contribution in [1.29, 1.82) is 0 Å². The van der Waals surface area contributed by atoms with Crippen LogP contribution in [0.5, 0.6) is 11.5 Å². The van der Waals surface area contributed by atoms with Gasteiger partial charge in [0.05, 0.1) is 54.1 Å². The van der Waals surface area contributed by atoms with Crippen molar-refractivity contribution >= 4 is 73.8 Å². The first-order valence-electron chi connectivity index (χ1n) is 19.9. The van der Waals surface area contributed by atoms with Crippen LogP contribution >= 0.6 is 22.9 Å². The van der Waals surface area contributed by atoms with Crippen molar-refractivity contribution < 1.29 is 33.8 Å². The Morgan fingerprint density at radius 1 is 0.915 bits per heavy atom. The molecule has 0 unspecified atom stereocenters. The Balaban J connectivity index is 1.04. The fourth-order valence-electron chi connectivity index (χ4n) is 10.6. The highest BCUT2D eigenvalue weighted by Gasteiger charge is 2.68. The molecule has 0 bridgehead atoms. The van der Waals surface area contributed by atoms with Gasteiger partial charge >= 0.3 is 0 Å². The van der Waals surface area contributed by atoms with Crippen LogP contribution in [0.4, 0.5) is 17.2 Å². The predicted molar refractivity (Wildman–Crippen MR) is 225 cm³/mol. The Morgan fingerprint density at radius 2 is 1.66 bits per heavy atom. The van der Waals surface area contributed by atoms with E-state index in [2.05, 4.69) is 4.90 Å². The number of carbonyl (C=O) groups excluding carboxylic acids is 4. The number of methoxy groups -OCH3 is 1. The molecular formula is C45H42ClN5O7S. The molecule has 4 fully saturated rings. The minimum absolute atomic E-state index is 0.0873. The number of ether oxygens (including phenoxy) is 2. The number of hydrogen-bond acceptors (Lipinski definition) is 10. The molecule has 12 nitrogen and oxygen atoms in total. The summed E-state index contributed by atoms with van der Waals surface area (Å²) in [5.41, 5.74) is 2.99. The maximum absolute atomic E-state index is 15.2. The van der Waals surface area contributed by atoms with Crippen LogP contribution in [0.25, 0.3) is 20.7 Å². The highest BCUT2D eigenvalue weighted by molar-refractivity contribution is 7.22. The van der Waals surface area contributed by atoms with Crippen molar-refractivity contribution in [2.75, 3.05) is 48.1 Å². The van der Waals surface area contributed by atoms with Crippen LogP contribution < -0.4 is 19.4 Å². The molecule has 0 spiro atoms. The number of morpholine rings is 1. The summed E-state index contributed by atoms with van der Waals surface area (Å²) in [5.74, 6) is -4.33. The zero-order valence-corrected chi connectivity index (χ0v) is 34.5. The highest BCUT2D eigenvalue weighted by Crippen LogP contribution is 2.64. The lowest BCUT2D eigenvalue weighted by Crippen LogP contribution is -2.49.